The molecule has 0 aliphatic carbocycles. The third-order valence-corrected chi connectivity index (χ3v) is 3.15. The molecule has 1 aromatic rings. The van der Waals surface area contributed by atoms with Gasteiger partial charge in [0, 0.05) is 18.0 Å². The van der Waals surface area contributed by atoms with E-state index in [1.165, 1.54) is 10.4 Å². The molecular formula is C10H16N2OS. The molecular weight excluding hydrogens is 196 g/mol. The van der Waals surface area contributed by atoms with Crippen molar-refractivity contribution in [3.63, 3.8) is 0 Å². The smallest absolute Gasteiger partial charge is 0.261 e. The average molecular weight is 212 g/mol. The molecule has 78 valence electrons. The van der Waals surface area contributed by atoms with Crippen LogP contribution in [0.15, 0.2) is 6.07 Å². The Morgan fingerprint density at radius 1 is 1.64 bits per heavy atom. The molecule has 0 radical (unpaired) electrons. The lowest BCUT2D eigenvalue weighted by atomic mass is 10.2. The van der Waals surface area contributed by atoms with Crippen molar-refractivity contribution in [3.8, 4) is 0 Å². The second-order valence-corrected chi connectivity index (χ2v) is 4.35. The van der Waals surface area contributed by atoms with Gasteiger partial charge in [0.15, 0.2) is 0 Å². The zero-order chi connectivity index (χ0) is 10.6. The first-order chi connectivity index (χ1) is 6.69. The summed E-state index contributed by atoms with van der Waals surface area (Å²) in [5, 5.41) is 2.76. The van der Waals surface area contributed by atoms with Crippen molar-refractivity contribution in [2.24, 2.45) is 5.73 Å². The fourth-order valence-corrected chi connectivity index (χ4v) is 2.29. The van der Waals surface area contributed by atoms with Crippen molar-refractivity contribution < 1.29 is 4.79 Å². The van der Waals surface area contributed by atoms with E-state index in [9.17, 15) is 4.79 Å². The zero-order valence-electron chi connectivity index (χ0n) is 8.59. The number of thiophene rings is 1. The molecule has 3 nitrogen and oxygen atoms in total. The van der Waals surface area contributed by atoms with Crippen LogP contribution in [0, 0.1) is 6.92 Å². The summed E-state index contributed by atoms with van der Waals surface area (Å²) in [5.74, 6) is -0.0109. The fraction of sp³-hybridized carbons (Fsp3) is 0.500. The summed E-state index contributed by atoms with van der Waals surface area (Å²) >= 11 is 1.54. The number of nitrogens with one attached hydrogen (secondary N) is 1. The van der Waals surface area contributed by atoms with Crippen LogP contribution in [0.5, 0.6) is 0 Å². The van der Waals surface area contributed by atoms with Gasteiger partial charge in [0.05, 0.1) is 4.88 Å². The lowest BCUT2D eigenvalue weighted by molar-refractivity contribution is 0.0959. The number of aryl methyl sites for hydroxylation is 2. The minimum Gasteiger partial charge on any atom is -0.350 e. The second kappa shape index (κ2) is 5.12. The normalized spacial score (nSPS) is 10.2. The third-order valence-electron chi connectivity index (χ3n) is 2.06. The van der Waals surface area contributed by atoms with E-state index in [0.717, 1.165) is 11.3 Å². The number of amides is 1. The van der Waals surface area contributed by atoms with Gasteiger partial charge >= 0.3 is 0 Å². The fourth-order valence-electron chi connectivity index (χ4n) is 1.26. The number of carbonyl (C=O) groups is 1. The Balaban J connectivity index is 2.70. The molecule has 3 N–H and O–H groups in total. The van der Waals surface area contributed by atoms with Crippen molar-refractivity contribution in [1.29, 1.82) is 0 Å². The van der Waals surface area contributed by atoms with Crippen LogP contribution >= 0.6 is 11.3 Å². The van der Waals surface area contributed by atoms with Gasteiger partial charge in [-0.15, -0.1) is 11.3 Å². The highest BCUT2D eigenvalue weighted by atomic mass is 32.1. The zero-order valence-corrected chi connectivity index (χ0v) is 9.41. The largest absolute Gasteiger partial charge is 0.350 e. The Labute approximate surface area is 88.3 Å². The first kappa shape index (κ1) is 11.2. The summed E-state index contributed by atoms with van der Waals surface area (Å²) in [5.41, 5.74) is 6.56. The summed E-state index contributed by atoms with van der Waals surface area (Å²) in [6.45, 7) is 5.16. The van der Waals surface area contributed by atoms with Gasteiger partial charge in [-0.05, 0) is 25.0 Å². The highest BCUT2D eigenvalue weighted by molar-refractivity contribution is 7.14. The molecule has 0 atom stereocenters. The van der Waals surface area contributed by atoms with Crippen LogP contribution < -0.4 is 11.1 Å². The maximum absolute atomic E-state index is 11.5. The van der Waals surface area contributed by atoms with Gasteiger partial charge in [-0.2, -0.15) is 0 Å². The highest BCUT2D eigenvalue weighted by Crippen LogP contribution is 2.21. The quantitative estimate of drug-likeness (QED) is 0.790. The van der Waals surface area contributed by atoms with Crippen LogP contribution in [0.3, 0.4) is 0 Å². The molecule has 0 bridgehead atoms. The summed E-state index contributed by atoms with van der Waals surface area (Å²) in [4.78, 5) is 13.5. The molecule has 0 fully saturated rings. The van der Waals surface area contributed by atoms with E-state index in [4.69, 9.17) is 5.73 Å². The van der Waals surface area contributed by atoms with Crippen LogP contribution in [-0.4, -0.2) is 19.0 Å². The Morgan fingerprint density at radius 3 is 2.86 bits per heavy atom. The Morgan fingerprint density at radius 2 is 2.36 bits per heavy atom. The van der Waals surface area contributed by atoms with Gasteiger partial charge < -0.3 is 11.1 Å². The average Bonchev–Trinajstić information content (AvgIpc) is 2.56. The lowest BCUT2D eigenvalue weighted by Gasteiger charge is -1.99. The first-order valence-electron chi connectivity index (χ1n) is 4.76. The minimum absolute atomic E-state index is 0.0109. The molecule has 1 amide bonds. The first-order valence-corrected chi connectivity index (χ1v) is 5.58. The second-order valence-electron chi connectivity index (χ2n) is 3.09. The maximum atomic E-state index is 11.5. The topological polar surface area (TPSA) is 55.1 Å². The highest BCUT2D eigenvalue weighted by Gasteiger charge is 2.10. The summed E-state index contributed by atoms with van der Waals surface area (Å²) < 4.78 is 0. The van der Waals surface area contributed by atoms with Crippen LogP contribution in [0.25, 0.3) is 0 Å². The molecule has 0 unspecified atom stereocenters. The third kappa shape index (κ3) is 2.56. The van der Waals surface area contributed by atoms with Crippen molar-refractivity contribution >= 4 is 17.2 Å². The maximum Gasteiger partial charge on any atom is 0.261 e. The molecule has 0 aliphatic heterocycles. The van der Waals surface area contributed by atoms with Gasteiger partial charge in [0.1, 0.15) is 0 Å². The Bertz CT molecular complexity index is 320. The van der Waals surface area contributed by atoms with Gasteiger partial charge in [-0.3, -0.25) is 4.79 Å². The van der Waals surface area contributed by atoms with E-state index >= 15 is 0 Å². The Kier molecular flexibility index (Phi) is 4.10. The van der Waals surface area contributed by atoms with Crippen molar-refractivity contribution in [1.82, 2.24) is 5.32 Å². The molecule has 1 aromatic heterocycles. The van der Waals surface area contributed by atoms with E-state index in [1.807, 2.05) is 13.0 Å². The number of hydrogen-bond acceptors (Lipinski definition) is 3. The summed E-state index contributed by atoms with van der Waals surface area (Å²) in [6.07, 6.45) is 0.979. The molecule has 0 aromatic carbocycles. The Hall–Kier alpha value is -0.870. The molecule has 0 aliphatic rings. The SMILES string of the molecule is CCc1cc(C(=O)NCCN)sc1C. The molecule has 1 heterocycles. The van der Waals surface area contributed by atoms with Gasteiger partial charge in [-0.1, -0.05) is 6.92 Å². The van der Waals surface area contributed by atoms with Crippen molar-refractivity contribution in [2.75, 3.05) is 13.1 Å². The number of rotatable bonds is 4. The molecule has 0 saturated heterocycles. The molecule has 14 heavy (non-hydrogen) atoms. The van der Waals surface area contributed by atoms with Gasteiger partial charge in [0.2, 0.25) is 0 Å². The molecule has 1 rings (SSSR count). The minimum atomic E-state index is -0.0109. The van der Waals surface area contributed by atoms with Gasteiger partial charge in [0.25, 0.3) is 5.91 Å². The van der Waals surface area contributed by atoms with E-state index in [2.05, 4.69) is 12.2 Å². The van der Waals surface area contributed by atoms with Gasteiger partial charge in [-0.25, -0.2) is 0 Å². The lowest BCUT2D eigenvalue weighted by Crippen LogP contribution is -2.28. The standard InChI is InChI=1S/C10H16N2OS/c1-3-8-6-9(14-7(8)2)10(13)12-5-4-11/h6H,3-5,11H2,1-2H3,(H,12,13). The molecule has 0 saturated carbocycles. The van der Waals surface area contributed by atoms with E-state index in [-0.39, 0.29) is 5.91 Å². The number of carbonyl (C=O) groups excluding carboxylic acids is 1. The van der Waals surface area contributed by atoms with Crippen LogP contribution in [-0.2, 0) is 6.42 Å². The van der Waals surface area contributed by atoms with Crippen LogP contribution in [0.1, 0.15) is 27.0 Å². The molecule has 4 heteroatoms. The van der Waals surface area contributed by atoms with Crippen molar-refractivity contribution in [3.05, 3.63) is 21.4 Å². The van der Waals surface area contributed by atoms with E-state index in [1.54, 1.807) is 11.3 Å². The van der Waals surface area contributed by atoms with Crippen LogP contribution in [0.4, 0.5) is 0 Å². The number of nitrogens with two attached hydrogens (primary N) is 1. The number of hydrogen-bond donors (Lipinski definition) is 2. The van der Waals surface area contributed by atoms with E-state index < -0.39 is 0 Å². The van der Waals surface area contributed by atoms with Crippen LogP contribution in [0.2, 0.25) is 0 Å². The van der Waals surface area contributed by atoms with E-state index in [0.29, 0.717) is 13.1 Å². The summed E-state index contributed by atoms with van der Waals surface area (Å²) in [6, 6.07) is 1.96. The summed E-state index contributed by atoms with van der Waals surface area (Å²) in [7, 11) is 0. The predicted molar refractivity (Wildman–Crippen MR) is 59.8 cm³/mol. The van der Waals surface area contributed by atoms with Crippen molar-refractivity contribution in [2.45, 2.75) is 20.3 Å². The molecule has 0 spiro atoms. The monoisotopic (exact) mass is 212 g/mol. The predicted octanol–water partition coefficient (Wildman–Crippen LogP) is 1.31.